The summed E-state index contributed by atoms with van der Waals surface area (Å²) in [6.45, 7) is 3.42. The van der Waals surface area contributed by atoms with Gasteiger partial charge >= 0.3 is 12.1 Å². The van der Waals surface area contributed by atoms with Crippen LogP contribution in [0.4, 0.5) is 24.8 Å². The number of carbonyl (C=O) groups is 1. The average Bonchev–Trinajstić information content (AvgIpc) is 3.14. The van der Waals surface area contributed by atoms with E-state index in [4.69, 9.17) is 4.74 Å². The topological polar surface area (TPSA) is 67.3 Å². The first kappa shape index (κ1) is 19.9. The van der Waals surface area contributed by atoms with Gasteiger partial charge in [0.2, 0.25) is 5.95 Å². The van der Waals surface area contributed by atoms with Crippen molar-refractivity contribution in [2.24, 2.45) is 5.92 Å². The van der Waals surface area contributed by atoms with Crippen LogP contribution < -0.4 is 10.2 Å². The number of hydrogen-bond acceptors (Lipinski definition) is 6. The molecular weight excluding hydrogens is 373 g/mol. The third-order valence-electron chi connectivity index (χ3n) is 4.62. The van der Waals surface area contributed by atoms with Crippen molar-refractivity contribution in [1.29, 1.82) is 0 Å². The minimum atomic E-state index is -4.40. The van der Waals surface area contributed by atoms with Gasteiger partial charge in [0, 0.05) is 31.0 Å². The molecule has 1 atom stereocenters. The van der Waals surface area contributed by atoms with Crippen molar-refractivity contribution in [3.8, 4) is 0 Å². The van der Waals surface area contributed by atoms with E-state index in [-0.39, 0.29) is 17.3 Å². The molecule has 1 aliphatic heterocycles. The summed E-state index contributed by atoms with van der Waals surface area (Å²) >= 11 is 0. The summed E-state index contributed by atoms with van der Waals surface area (Å²) in [4.78, 5) is 22.3. The fourth-order valence-electron chi connectivity index (χ4n) is 3.22. The van der Waals surface area contributed by atoms with Gasteiger partial charge in [0.1, 0.15) is 0 Å². The highest BCUT2D eigenvalue weighted by molar-refractivity contribution is 5.87. The van der Waals surface area contributed by atoms with Crippen molar-refractivity contribution < 1.29 is 22.7 Å². The number of carbonyl (C=O) groups excluding carboxylic acids is 1. The summed E-state index contributed by atoms with van der Waals surface area (Å²) < 4.78 is 44.0. The molecule has 1 aliphatic rings. The van der Waals surface area contributed by atoms with E-state index in [1.54, 1.807) is 19.1 Å². The lowest BCUT2D eigenvalue weighted by molar-refractivity contribution is -0.137. The Hall–Kier alpha value is -2.84. The first-order valence-corrected chi connectivity index (χ1v) is 8.87. The average molecular weight is 394 g/mol. The molecule has 0 spiro atoms. The van der Waals surface area contributed by atoms with Gasteiger partial charge in [0.25, 0.3) is 0 Å². The zero-order valence-corrected chi connectivity index (χ0v) is 15.6. The molecule has 1 aromatic heterocycles. The second-order valence-corrected chi connectivity index (χ2v) is 6.71. The summed E-state index contributed by atoms with van der Waals surface area (Å²) in [5.41, 5.74) is 0.236. The van der Waals surface area contributed by atoms with Crippen LogP contribution in [0.25, 0.3) is 0 Å². The van der Waals surface area contributed by atoms with Gasteiger partial charge < -0.3 is 15.0 Å². The summed E-state index contributed by atoms with van der Waals surface area (Å²) in [5, 5.41) is 2.92. The number of aromatic nitrogens is 2. The molecule has 0 amide bonds. The predicted molar refractivity (Wildman–Crippen MR) is 98.4 cm³/mol. The zero-order chi connectivity index (χ0) is 20.3. The lowest BCUT2D eigenvalue weighted by atomic mass is 10.1. The smallest absolute Gasteiger partial charge is 0.418 e. The number of nitrogens with one attached hydrogen (secondary N) is 1. The van der Waals surface area contributed by atoms with Gasteiger partial charge in [-0.25, -0.2) is 14.8 Å². The van der Waals surface area contributed by atoms with Crippen LogP contribution in [0.15, 0.2) is 30.3 Å². The highest BCUT2D eigenvalue weighted by Crippen LogP contribution is 2.35. The van der Waals surface area contributed by atoms with E-state index in [0.717, 1.165) is 12.5 Å². The van der Waals surface area contributed by atoms with Crippen LogP contribution in [0.5, 0.6) is 0 Å². The lowest BCUT2D eigenvalue weighted by Crippen LogP contribution is -2.25. The van der Waals surface area contributed by atoms with Gasteiger partial charge in [-0.05, 0) is 37.5 Å². The third-order valence-corrected chi connectivity index (χ3v) is 4.62. The highest BCUT2D eigenvalue weighted by Gasteiger charge is 2.33. The van der Waals surface area contributed by atoms with Crippen LogP contribution in [-0.4, -0.2) is 42.7 Å². The SMILES string of the molecule is COC(=O)c1cc(C)nc(N2CC[C@H](CNc3ccccc3C(F)(F)F)C2)n1. The van der Waals surface area contributed by atoms with Gasteiger partial charge in [-0.15, -0.1) is 0 Å². The Labute approximate surface area is 160 Å². The van der Waals surface area contributed by atoms with Crippen LogP contribution in [0, 0.1) is 12.8 Å². The Morgan fingerprint density at radius 3 is 2.79 bits per heavy atom. The van der Waals surface area contributed by atoms with Gasteiger partial charge in [0.15, 0.2) is 5.69 Å². The summed E-state index contributed by atoms with van der Waals surface area (Å²) in [5.74, 6) is 0.0264. The van der Waals surface area contributed by atoms with E-state index in [2.05, 4.69) is 15.3 Å². The Morgan fingerprint density at radius 2 is 2.07 bits per heavy atom. The summed E-state index contributed by atoms with van der Waals surface area (Å²) in [7, 11) is 1.29. The standard InChI is InChI=1S/C19H21F3N4O2/c1-12-9-16(17(27)28-2)25-18(24-12)26-8-7-13(11-26)10-23-15-6-4-3-5-14(15)19(20,21)22/h3-6,9,13,23H,7-8,10-11H2,1-2H3/t13-/m1/s1. The fraction of sp³-hybridized carbons (Fsp3) is 0.421. The number of ether oxygens (including phenoxy) is 1. The van der Waals surface area contributed by atoms with E-state index in [0.29, 0.717) is 31.3 Å². The molecule has 1 N–H and O–H groups in total. The third kappa shape index (κ3) is 4.52. The lowest BCUT2D eigenvalue weighted by Gasteiger charge is -2.19. The van der Waals surface area contributed by atoms with Crippen molar-refractivity contribution in [2.75, 3.05) is 37.0 Å². The van der Waals surface area contributed by atoms with Gasteiger partial charge in [-0.1, -0.05) is 12.1 Å². The maximum Gasteiger partial charge on any atom is 0.418 e. The van der Waals surface area contributed by atoms with Gasteiger partial charge in [-0.3, -0.25) is 0 Å². The Bertz CT molecular complexity index is 857. The first-order chi connectivity index (χ1) is 13.3. The first-order valence-electron chi connectivity index (χ1n) is 8.87. The summed E-state index contributed by atoms with van der Waals surface area (Å²) in [6, 6.07) is 7.01. The minimum absolute atomic E-state index is 0.0771. The number of benzene rings is 1. The molecule has 6 nitrogen and oxygen atoms in total. The predicted octanol–water partition coefficient (Wildman–Crippen LogP) is 3.53. The Morgan fingerprint density at radius 1 is 1.32 bits per heavy atom. The maximum atomic E-state index is 13.1. The molecule has 1 saturated heterocycles. The molecule has 0 bridgehead atoms. The molecule has 2 heterocycles. The number of rotatable bonds is 5. The molecule has 1 aromatic carbocycles. The normalized spacial score (nSPS) is 16.9. The molecule has 1 fully saturated rings. The molecule has 150 valence electrons. The molecule has 28 heavy (non-hydrogen) atoms. The number of nitrogens with zero attached hydrogens (tertiary/aromatic N) is 3. The van der Waals surface area contributed by atoms with E-state index < -0.39 is 17.7 Å². The fourth-order valence-corrected chi connectivity index (χ4v) is 3.22. The van der Waals surface area contributed by atoms with Gasteiger partial charge in [0.05, 0.1) is 12.7 Å². The van der Waals surface area contributed by atoms with Crippen LogP contribution in [0.3, 0.4) is 0 Å². The number of aryl methyl sites for hydroxylation is 1. The van der Waals surface area contributed by atoms with E-state index >= 15 is 0 Å². The molecule has 2 aromatic rings. The number of anilines is 2. The Balaban J connectivity index is 1.66. The highest BCUT2D eigenvalue weighted by atomic mass is 19.4. The molecule has 0 saturated carbocycles. The number of esters is 1. The number of alkyl halides is 3. The van der Waals surface area contributed by atoms with Gasteiger partial charge in [-0.2, -0.15) is 13.2 Å². The van der Waals surface area contributed by atoms with Crippen molar-refractivity contribution in [3.05, 3.63) is 47.3 Å². The zero-order valence-electron chi connectivity index (χ0n) is 15.6. The van der Waals surface area contributed by atoms with Crippen molar-refractivity contribution >= 4 is 17.6 Å². The van der Waals surface area contributed by atoms with E-state index in [1.165, 1.54) is 19.2 Å². The van der Waals surface area contributed by atoms with E-state index in [9.17, 15) is 18.0 Å². The second-order valence-electron chi connectivity index (χ2n) is 6.71. The van der Waals surface area contributed by atoms with Crippen molar-refractivity contribution in [2.45, 2.75) is 19.5 Å². The monoisotopic (exact) mass is 394 g/mol. The number of para-hydroxylation sites is 1. The van der Waals surface area contributed by atoms with Crippen molar-refractivity contribution in [3.63, 3.8) is 0 Å². The molecule has 0 radical (unpaired) electrons. The quantitative estimate of drug-likeness (QED) is 0.783. The molecule has 0 aliphatic carbocycles. The number of halogens is 3. The largest absolute Gasteiger partial charge is 0.464 e. The second kappa shape index (κ2) is 8.04. The number of hydrogen-bond donors (Lipinski definition) is 1. The maximum absolute atomic E-state index is 13.1. The van der Waals surface area contributed by atoms with E-state index in [1.807, 2.05) is 4.90 Å². The summed E-state index contributed by atoms with van der Waals surface area (Å²) in [6.07, 6.45) is -3.61. The van der Waals surface area contributed by atoms with Crippen molar-refractivity contribution in [1.82, 2.24) is 9.97 Å². The molecule has 0 unspecified atom stereocenters. The van der Waals surface area contributed by atoms with Crippen LogP contribution in [0.1, 0.15) is 28.2 Å². The van der Waals surface area contributed by atoms with Crippen LogP contribution in [-0.2, 0) is 10.9 Å². The van der Waals surface area contributed by atoms with Crippen LogP contribution in [0.2, 0.25) is 0 Å². The minimum Gasteiger partial charge on any atom is -0.464 e. The Kier molecular flexibility index (Phi) is 5.71. The number of methoxy groups -OCH3 is 1. The van der Waals surface area contributed by atoms with Crippen LogP contribution >= 0.6 is 0 Å². The molecular formula is C19H21F3N4O2. The molecule has 3 rings (SSSR count). The molecule has 9 heteroatoms.